The number of anilines is 1. The molecule has 4 rings (SSSR count). The molecule has 0 unspecified atom stereocenters. The second kappa shape index (κ2) is 7.46. The molecular formula is C20H14BrN3O2S. The molecule has 2 heterocycles. The van der Waals surface area contributed by atoms with Crippen molar-refractivity contribution >= 4 is 49.1 Å². The van der Waals surface area contributed by atoms with Crippen LogP contribution in [-0.2, 0) is 0 Å². The fourth-order valence-corrected chi connectivity index (χ4v) is 3.60. The Balaban J connectivity index is 1.58. The number of thiazole rings is 1. The highest BCUT2D eigenvalue weighted by Crippen LogP contribution is 2.28. The van der Waals surface area contributed by atoms with Crippen LogP contribution in [-0.4, -0.2) is 10.7 Å². The maximum absolute atomic E-state index is 12.3. The first-order valence-corrected chi connectivity index (χ1v) is 9.76. The van der Waals surface area contributed by atoms with Gasteiger partial charge in [0, 0.05) is 16.1 Å². The van der Waals surface area contributed by atoms with Crippen LogP contribution < -0.4 is 11.1 Å². The summed E-state index contributed by atoms with van der Waals surface area (Å²) in [6.45, 7) is 1.92. The Morgan fingerprint density at radius 2 is 1.96 bits per heavy atom. The van der Waals surface area contributed by atoms with Gasteiger partial charge in [0.2, 0.25) is 5.13 Å². The molecule has 0 fully saturated rings. The van der Waals surface area contributed by atoms with Crippen LogP contribution in [0.2, 0.25) is 0 Å². The van der Waals surface area contributed by atoms with Crippen molar-refractivity contribution in [1.29, 1.82) is 0 Å². The van der Waals surface area contributed by atoms with Gasteiger partial charge in [-0.3, -0.25) is 5.43 Å². The molecule has 4 aromatic rings. The van der Waals surface area contributed by atoms with Crippen molar-refractivity contribution in [2.24, 2.45) is 5.10 Å². The molecular weight excluding hydrogens is 426 g/mol. The number of para-hydroxylation sites is 1. The molecule has 0 aliphatic heterocycles. The van der Waals surface area contributed by atoms with Gasteiger partial charge in [-0.15, -0.1) is 0 Å². The molecule has 0 aliphatic rings. The van der Waals surface area contributed by atoms with Crippen molar-refractivity contribution in [3.8, 4) is 10.4 Å². The number of hydrogen-bond acceptors (Lipinski definition) is 6. The van der Waals surface area contributed by atoms with Gasteiger partial charge in [-0.05, 0) is 36.8 Å². The number of rotatable bonds is 4. The maximum Gasteiger partial charge on any atom is 0.345 e. The zero-order valence-corrected chi connectivity index (χ0v) is 16.7. The van der Waals surface area contributed by atoms with E-state index in [4.69, 9.17) is 4.42 Å². The predicted octanol–water partition coefficient (Wildman–Crippen LogP) is 5.52. The molecule has 27 heavy (non-hydrogen) atoms. The van der Waals surface area contributed by atoms with Crippen molar-refractivity contribution in [2.75, 3.05) is 5.43 Å². The Morgan fingerprint density at radius 3 is 2.78 bits per heavy atom. The molecule has 5 nitrogen and oxygen atoms in total. The number of nitrogens with zero attached hydrogens (tertiary/aromatic N) is 2. The lowest BCUT2D eigenvalue weighted by Gasteiger charge is -2.01. The number of fused-ring (bicyclic) bond motifs is 1. The van der Waals surface area contributed by atoms with Crippen molar-refractivity contribution in [1.82, 2.24) is 4.98 Å². The zero-order valence-electron chi connectivity index (χ0n) is 14.3. The number of hydrazone groups is 1. The van der Waals surface area contributed by atoms with Gasteiger partial charge in [-0.2, -0.15) is 5.10 Å². The van der Waals surface area contributed by atoms with E-state index >= 15 is 0 Å². The van der Waals surface area contributed by atoms with Gasteiger partial charge < -0.3 is 4.42 Å². The lowest BCUT2D eigenvalue weighted by Crippen LogP contribution is -2.01. The normalized spacial score (nSPS) is 11.7. The molecule has 0 saturated carbocycles. The van der Waals surface area contributed by atoms with Gasteiger partial charge >= 0.3 is 5.63 Å². The zero-order chi connectivity index (χ0) is 18.8. The third-order valence-electron chi connectivity index (χ3n) is 3.99. The molecule has 0 atom stereocenters. The fourth-order valence-electron chi connectivity index (χ4n) is 2.57. The third kappa shape index (κ3) is 3.84. The second-order valence-electron chi connectivity index (χ2n) is 5.83. The summed E-state index contributed by atoms with van der Waals surface area (Å²) in [4.78, 5) is 17.3. The molecule has 0 bridgehead atoms. The van der Waals surface area contributed by atoms with Crippen LogP contribution in [0.25, 0.3) is 21.4 Å². The minimum Gasteiger partial charge on any atom is -0.422 e. The van der Waals surface area contributed by atoms with Crippen molar-refractivity contribution in [2.45, 2.75) is 6.92 Å². The van der Waals surface area contributed by atoms with Crippen molar-refractivity contribution < 1.29 is 4.42 Å². The summed E-state index contributed by atoms with van der Waals surface area (Å²) < 4.78 is 6.41. The molecule has 2 aromatic carbocycles. The lowest BCUT2D eigenvalue weighted by atomic mass is 10.1. The van der Waals surface area contributed by atoms with Crippen LogP contribution in [0.1, 0.15) is 12.5 Å². The summed E-state index contributed by atoms with van der Waals surface area (Å²) in [7, 11) is 0. The van der Waals surface area contributed by atoms with Crippen LogP contribution in [0.3, 0.4) is 0 Å². The Kier molecular flexibility index (Phi) is 4.87. The minimum absolute atomic E-state index is 0.376. The Bertz CT molecular complexity index is 1200. The topological polar surface area (TPSA) is 67.5 Å². The summed E-state index contributed by atoms with van der Waals surface area (Å²) in [5, 5.41) is 5.85. The van der Waals surface area contributed by atoms with Crippen LogP contribution in [0.15, 0.2) is 79.6 Å². The molecule has 1 N–H and O–H groups in total. The molecule has 0 amide bonds. The summed E-state index contributed by atoms with van der Waals surface area (Å²) >= 11 is 4.77. The maximum atomic E-state index is 12.3. The first kappa shape index (κ1) is 17.6. The highest BCUT2D eigenvalue weighted by atomic mass is 79.9. The summed E-state index contributed by atoms with van der Waals surface area (Å²) in [6.07, 6.45) is 1.65. The number of aromatic nitrogens is 1. The molecule has 7 heteroatoms. The van der Waals surface area contributed by atoms with E-state index in [0.717, 1.165) is 26.0 Å². The van der Waals surface area contributed by atoms with Gasteiger partial charge in [-0.25, -0.2) is 9.78 Å². The van der Waals surface area contributed by atoms with E-state index in [2.05, 4.69) is 31.4 Å². The smallest absolute Gasteiger partial charge is 0.345 e. The van der Waals surface area contributed by atoms with Gasteiger partial charge in [0.1, 0.15) is 5.58 Å². The average molecular weight is 440 g/mol. The van der Waals surface area contributed by atoms with Crippen LogP contribution in [0.4, 0.5) is 5.13 Å². The van der Waals surface area contributed by atoms with E-state index in [9.17, 15) is 4.79 Å². The monoisotopic (exact) mass is 439 g/mol. The van der Waals surface area contributed by atoms with Crippen LogP contribution in [0.5, 0.6) is 0 Å². The van der Waals surface area contributed by atoms with E-state index in [-0.39, 0.29) is 5.63 Å². The van der Waals surface area contributed by atoms with Gasteiger partial charge in [0.15, 0.2) is 0 Å². The summed E-state index contributed by atoms with van der Waals surface area (Å²) in [6, 6.07) is 17.2. The molecule has 0 aliphatic carbocycles. The molecule has 0 radical (unpaired) electrons. The lowest BCUT2D eigenvalue weighted by molar-refractivity contribution is 0.563. The van der Waals surface area contributed by atoms with Crippen molar-refractivity contribution in [3.63, 3.8) is 0 Å². The molecule has 134 valence electrons. The number of halogens is 1. The second-order valence-corrected chi connectivity index (χ2v) is 7.78. The van der Waals surface area contributed by atoms with E-state index < -0.39 is 0 Å². The summed E-state index contributed by atoms with van der Waals surface area (Å²) in [5.41, 5.74) is 5.49. The Hall–Kier alpha value is -2.77. The van der Waals surface area contributed by atoms with Crippen LogP contribution >= 0.6 is 27.3 Å². The minimum atomic E-state index is -0.376. The van der Waals surface area contributed by atoms with Crippen molar-refractivity contribution in [3.05, 3.63) is 81.3 Å². The quantitative estimate of drug-likeness (QED) is 0.258. The molecule has 0 spiro atoms. The number of benzene rings is 2. The molecule has 2 aromatic heterocycles. The first-order valence-electron chi connectivity index (χ1n) is 8.15. The highest BCUT2D eigenvalue weighted by molar-refractivity contribution is 9.10. The highest BCUT2D eigenvalue weighted by Gasteiger charge is 2.11. The largest absolute Gasteiger partial charge is 0.422 e. The Morgan fingerprint density at radius 1 is 1.19 bits per heavy atom. The molecule has 0 saturated heterocycles. The van der Waals surface area contributed by atoms with Gasteiger partial charge in [0.25, 0.3) is 0 Å². The van der Waals surface area contributed by atoms with Gasteiger partial charge in [0.05, 0.1) is 16.2 Å². The number of hydrogen-bond donors (Lipinski definition) is 1. The van der Waals surface area contributed by atoms with E-state index in [1.807, 2.05) is 55.5 Å². The predicted molar refractivity (Wildman–Crippen MR) is 114 cm³/mol. The van der Waals surface area contributed by atoms with Gasteiger partial charge in [-0.1, -0.05) is 57.6 Å². The number of nitrogens with one attached hydrogen (secondary N) is 1. The fraction of sp³-hybridized carbons (Fsp3) is 0.0500. The van der Waals surface area contributed by atoms with E-state index in [1.54, 1.807) is 12.3 Å². The summed E-state index contributed by atoms with van der Waals surface area (Å²) in [5.74, 6) is 0. The Labute approximate surface area is 167 Å². The van der Waals surface area contributed by atoms with E-state index in [1.165, 1.54) is 11.3 Å². The standard InChI is InChI=1S/C20H14BrN3O2S/c1-12(13-6-8-15(21)9-7-13)23-24-20-22-11-18(27-20)16-10-14-4-2-3-5-17(14)26-19(16)25/h2-11H,1H3,(H,22,24)/b23-12-. The SMILES string of the molecule is C/C(=N/Nc1ncc(-c2cc3ccccc3oc2=O)s1)c1ccc(Br)cc1. The third-order valence-corrected chi connectivity index (χ3v) is 5.46. The van der Waals surface area contributed by atoms with Crippen LogP contribution in [0, 0.1) is 0 Å². The average Bonchev–Trinajstić information content (AvgIpc) is 3.15. The van der Waals surface area contributed by atoms with E-state index in [0.29, 0.717) is 16.3 Å². The first-order chi connectivity index (χ1) is 13.1.